The number of rotatable bonds is 8. The molecule has 3 aromatic heterocycles. The molecule has 36 heavy (non-hydrogen) atoms. The summed E-state index contributed by atoms with van der Waals surface area (Å²) >= 11 is 1.61. The minimum absolute atomic E-state index is 0.0371. The number of nitrogens with one attached hydrogen (secondary N) is 1. The molecule has 8 nitrogen and oxygen atoms in total. The molecule has 0 spiro atoms. The zero-order valence-electron chi connectivity index (χ0n) is 19.5. The van der Waals surface area contributed by atoms with Gasteiger partial charge >= 0.3 is 0 Å². The molecule has 0 radical (unpaired) electrons. The number of carbonyl (C=O) groups is 1. The van der Waals surface area contributed by atoms with Crippen LogP contribution in [-0.2, 0) is 4.79 Å². The summed E-state index contributed by atoms with van der Waals surface area (Å²) in [4.78, 5) is 15.8. The number of ether oxygens (including phenoxy) is 1. The van der Waals surface area contributed by atoms with Crippen molar-refractivity contribution < 1.29 is 13.9 Å². The number of amides is 1. The van der Waals surface area contributed by atoms with E-state index in [-0.39, 0.29) is 17.6 Å². The SMILES string of the molecule is O=C(NCCOc1ccc(-c2cccs2)nn1)C1CCN(c2ccc(-c3ccc(F)cc3)nn2)CC1. The van der Waals surface area contributed by atoms with Gasteiger partial charge in [0.15, 0.2) is 5.82 Å². The highest BCUT2D eigenvalue weighted by Gasteiger charge is 2.25. The minimum atomic E-state index is -0.281. The number of hydrogen-bond donors (Lipinski definition) is 1. The lowest BCUT2D eigenvalue weighted by molar-refractivity contribution is -0.125. The molecule has 1 fully saturated rings. The number of halogens is 1. The lowest BCUT2D eigenvalue weighted by Gasteiger charge is -2.31. The molecule has 0 bridgehead atoms. The van der Waals surface area contributed by atoms with Crippen LogP contribution in [0, 0.1) is 11.7 Å². The Hall–Kier alpha value is -3.92. The molecule has 4 heterocycles. The van der Waals surface area contributed by atoms with E-state index in [1.807, 2.05) is 35.7 Å². The predicted octanol–water partition coefficient (Wildman–Crippen LogP) is 4.21. The minimum Gasteiger partial charge on any atom is -0.475 e. The molecule has 0 unspecified atom stereocenters. The molecule has 0 atom stereocenters. The summed E-state index contributed by atoms with van der Waals surface area (Å²) in [6.45, 7) is 2.19. The van der Waals surface area contributed by atoms with Crippen molar-refractivity contribution in [3.63, 3.8) is 0 Å². The fourth-order valence-corrected chi connectivity index (χ4v) is 4.76. The third-order valence-electron chi connectivity index (χ3n) is 6.05. The van der Waals surface area contributed by atoms with Gasteiger partial charge in [0.2, 0.25) is 11.8 Å². The quantitative estimate of drug-likeness (QED) is 0.359. The maximum atomic E-state index is 13.1. The van der Waals surface area contributed by atoms with Crippen molar-refractivity contribution in [3.05, 3.63) is 71.9 Å². The molecule has 1 N–H and O–H groups in total. The van der Waals surface area contributed by atoms with Crippen LogP contribution in [0.25, 0.3) is 21.8 Å². The number of piperidine rings is 1. The fourth-order valence-electron chi connectivity index (χ4n) is 4.07. The van der Waals surface area contributed by atoms with Crippen LogP contribution in [0.4, 0.5) is 10.2 Å². The van der Waals surface area contributed by atoms with Crippen molar-refractivity contribution in [2.24, 2.45) is 5.92 Å². The van der Waals surface area contributed by atoms with Crippen LogP contribution in [0.2, 0.25) is 0 Å². The maximum Gasteiger partial charge on any atom is 0.233 e. The van der Waals surface area contributed by atoms with Crippen molar-refractivity contribution >= 4 is 23.1 Å². The highest BCUT2D eigenvalue weighted by molar-refractivity contribution is 7.13. The fraction of sp³-hybridized carbons (Fsp3) is 0.269. The van der Waals surface area contributed by atoms with Crippen molar-refractivity contribution in [2.45, 2.75) is 12.8 Å². The molecule has 4 aromatic rings. The van der Waals surface area contributed by atoms with Crippen LogP contribution in [0.1, 0.15) is 12.8 Å². The normalized spacial score (nSPS) is 14.0. The van der Waals surface area contributed by atoms with Crippen LogP contribution in [0.15, 0.2) is 66.0 Å². The van der Waals surface area contributed by atoms with E-state index in [4.69, 9.17) is 4.74 Å². The van der Waals surface area contributed by atoms with Gasteiger partial charge in [-0.15, -0.1) is 31.7 Å². The lowest BCUT2D eigenvalue weighted by Crippen LogP contribution is -2.41. The van der Waals surface area contributed by atoms with Crippen LogP contribution in [0.5, 0.6) is 5.88 Å². The average molecular weight is 505 g/mol. The Morgan fingerprint density at radius 1 is 0.972 bits per heavy atom. The van der Waals surface area contributed by atoms with Crippen molar-refractivity contribution in [2.75, 3.05) is 31.1 Å². The van der Waals surface area contributed by atoms with E-state index >= 15 is 0 Å². The molecule has 5 rings (SSSR count). The highest BCUT2D eigenvalue weighted by atomic mass is 32.1. The average Bonchev–Trinajstić information content (AvgIpc) is 3.47. The monoisotopic (exact) mass is 504 g/mol. The highest BCUT2D eigenvalue weighted by Crippen LogP contribution is 2.24. The summed E-state index contributed by atoms with van der Waals surface area (Å²) in [5.74, 6) is 0.924. The van der Waals surface area contributed by atoms with Crippen LogP contribution in [0.3, 0.4) is 0 Å². The standard InChI is InChI=1S/C26H25FN6O2S/c27-20-5-3-18(4-6-20)21-7-9-24(31-29-21)33-14-11-19(12-15-33)26(34)28-13-16-35-25-10-8-22(30-32-25)23-2-1-17-36-23/h1-10,17,19H,11-16H2,(H,28,34). The Kier molecular flexibility index (Phi) is 7.41. The van der Waals surface area contributed by atoms with Gasteiger partial charge in [0.25, 0.3) is 0 Å². The third-order valence-corrected chi connectivity index (χ3v) is 6.94. The molecule has 10 heteroatoms. The first-order valence-corrected chi connectivity index (χ1v) is 12.7. The Balaban J connectivity index is 1.03. The van der Waals surface area contributed by atoms with Gasteiger partial charge < -0.3 is 15.0 Å². The summed E-state index contributed by atoms with van der Waals surface area (Å²) in [5.41, 5.74) is 2.32. The Morgan fingerprint density at radius 3 is 2.42 bits per heavy atom. The molecule has 0 aliphatic carbocycles. The van der Waals surface area contributed by atoms with E-state index in [9.17, 15) is 9.18 Å². The van der Waals surface area contributed by atoms with Crippen molar-refractivity contribution in [1.82, 2.24) is 25.7 Å². The molecule has 1 saturated heterocycles. The summed E-state index contributed by atoms with van der Waals surface area (Å²) in [6, 6.07) is 17.6. The summed E-state index contributed by atoms with van der Waals surface area (Å²) in [7, 11) is 0. The van der Waals surface area contributed by atoms with E-state index in [0.717, 1.165) is 47.9 Å². The number of thiophene rings is 1. The largest absolute Gasteiger partial charge is 0.475 e. The van der Waals surface area contributed by atoms with Crippen LogP contribution < -0.4 is 15.0 Å². The topological polar surface area (TPSA) is 93.1 Å². The molecule has 1 aliphatic rings. The molecule has 1 aliphatic heterocycles. The van der Waals surface area contributed by atoms with Gasteiger partial charge in [0.1, 0.15) is 18.1 Å². The molecular formula is C26H25FN6O2S. The number of benzene rings is 1. The zero-order valence-corrected chi connectivity index (χ0v) is 20.3. The summed E-state index contributed by atoms with van der Waals surface area (Å²) < 4.78 is 18.7. The summed E-state index contributed by atoms with van der Waals surface area (Å²) in [6.07, 6.45) is 1.48. The summed E-state index contributed by atoms with van der Waals surface area (Å²) in [5, 5.41) is 21.9. The van der Waals surface area contributed by atoms with Gasteiger partial charge in [-0.1, -0.05) is 6.07 Å². The van der Waals surface area contributed by atoms with Crippen LogP contribution in [-0.4, -0.2) is 52.5 Å². The second-order valence-electron chi connectivity index (χ2n) is 8.42. The van der Waals surface area contributed by atoms with Gasteiger partial charge in [-0.2, -0.15) is 0 Å². The van der Waals surface area contributed by atoms with E-state index < -0.39 is 0 Å². The number of anilines is 1. The molecule has 184 valence electrons. The Labute approximate surface area is 212 Å². The third kappa shape index (κ3) is 5.83. The van der Waals surface area contributed by atoms with E-state index in [0.29, 0.717) is 24.7 Å². The van der Waals surface area contributed by atoms with Gasteiger partial charge in [-0.05, 0) is 66.8 Å². The van der Waals surface area contributed by atoms with Gasteiger partial charge in [0.05, 0.1) is 17.1 Å². The lowest BCUT2D eigenvalue weighted by atomic mass is 9.96. The van der Waals surface area contributed by atoms with E-state index in [1.54, 1.807) is 29.5 Å². The van der Waals surface area contributed by atoms with Gasteiger partial charge in [0, 0.05) is 30.6 Å². The number of aromatic nitrogens is 4. The molecule has 0 saturated carbocycles. The number of carbonyl (C=O) groups excluding carboxylic acids is 1. The Morgan fingerprint density at radius 2 is 1.75 bits per heavy atom. The number of hydrogen-bond acceptors (Lipinski definition) is 8. The first kappa shape index (κ1) is 23.8. The van der Waals surface area contributed by atoms with Crippen molar-refractivity contribution in [3.8, 4) is 27.7 Å². The van der Waals surface area contributed by atoms with Gasteiger partial charge in [-0.3, -0.25) is 4.79 Å². The first-order chi connectivity index (χ1) is 17.7. The predicted molar refractivity (Wildman–Crippen MR) is 136 cm³/mol. The van der Waals surface area contributed by atoms with Gasteiger partial charge in [-0.25, -0.2) is 4.39 Å². The molecule has 1 amide bonds. The van der Waals surface area contributed by atoms with E-state index in [1.165, 1.54) is 12.1 Å². The number of nitrogens with zero attached hydrogens (tertiary/aromatic N) is 5. The Bertz CT molecular complexity index is 1260. The second-order valence-corrected chi connectivity index (χ2v) is 9.37. The van der Waals surface area contributed by atoms with Crippen LogP contribution >= 0.6 is 11.3 Å². The second kappa shape index (κ2) is 11.2. The zero-order chi connectivity index (χ0) is 24.7. The first-order valence-electron chi connectivity index (χ1n) is 11.8. The smallest absolute Gasteiger partial charge is 0.233 e. The molecular weight excluding hydrogens is 479 g/mol. The van der Waals surface area contributed by atoms with Crippen molar-refractivity contribution in [1.29, 1.82) is 0 Å². The molecule has 1 aromatic carbocycles. The maximum absolute atomic E-state index is 13.1. The van der Waals surface area contributed by atoms with E-state index in [2.05, 4.69) is 30.6 Å².